The molecule has 1 aromatic carbocycles. The second kappa shape index (κ2) is 8.17. The van der Waals surface area contributed by atoms with Crippen molar-refractivity contribution in [3.05, 3.63) is 52.8 Å². The van der Waals surface area contributed by atoms with E-state index in [1.165, 1.54) is 15.6 Å². The SMILES string of the molecule is Cc1cccc(CNC(=O)c2cc3n(n2)CC(C)(C(=O)NC2CCCC2)N(C)C3=O)c1. The van der Waals surface area contributed by atoms with Gasteiger partial charge in [-0.15, -0.1) is 0 Å². The molecule has 0 radical (unpaired) electrons. The molecule has 4 rings (SSSR count). The average Bonchev–Trinajstić information content (AvgIpc) is 3.40. The van der Waals surface area contributed by atoms with Gasteiger partial charge in [0.15, 0.2) is 5.69 Å². The van der Waals surface area contributed by atoms with Gasteiger partial charge in [0.2, 0.25) is 5.91 Å². The maximum atomic E-state index is 13.0. The number of fused-ring (bicyclic) bond motifs is 1. The van der Waals surface area contributed by atoms with Crippen molar-refractivity contribution in [1.29, 1.82) is 0 Å². The number of aryl methyl sites for hydroxylation is 1. The number of hydrogen-bond acceptors (Lipinski definition) is 4. The fourth-order valence-electron chi connectivity index (χ4n) is 4.34. The van der Waals surface area contributed by atoms with E-state index in [0.717, 1.165) is 36.8 Å². The highest BCUT2D eigenvalue weighted by Crippen LogP contribution is 2.27. The van der Waals surface area contributed by atoms with E-state index in [9.17, 15) is 14.4 Å². The van der Waals surface area contributed by atoms with E-state index in [4.69, 9.17) is 0 Å². The quantitative estimate of drug-likeness (QED) is 0.769. The number of carbonyl (C=O) groups excluding carboxylic acids is 3. The Bertz CT molecular complexity index is 1020. The Morgan fingerprint density at radius 1 is 1.23 bits per heavy atom. The molecule has 1 aliphatic heterocycles. The number of nitrogens with one attached hydrogen (secondary N) is 2. The Balaban J connectivity index is 1.49. The number of likely N-dealkylation sites (N-methyl/N-ethyl adjacent to an activating group) is 1. The molecule has 164 valence electrons. The van der Waals surface area contributed by atoms with Crippen molar-refractivity contribution in [3.63, 3.8) is 0 Å². The van der Waals surface area contributed by atoms with E-state index >= 15 is 0 Å². The molecule has 1 aliphatic carbocycles. The summed E-state index contributed by atoms with van der Waals surface area (Å²) >= 11 is 0. The summed E-state index contributed by atoms with van der Waals surface area (Å²) in [5.74, 6) is -0.849. The highest BCUT2D eigenvalue weighted by molar-refractivity contribution is 6.01. The molecule has 0 saturated heterocycles. The summed E-state index contributed by atoms with van der Waals surface area (Å²) in [4.78, 5) is 40.1. The van der Waals surface area contributed by atoms with E-state index in [-0.39, 0.29) is 36.0 Å². The van der Waals surface area contributed by atoms with Crippen LogP contribution in [-0.4, -0.2) is 51.0 Å². The third-order valence-corrected chi connectivity index (χ3v) is 6.45. The zero-order valence-corrected chi connectivity index (χ0v) is 18.3. The topological polar surface area (TPSA) is 96.3 Å². The Kier molecular flexibility index (Phi) is 5.56. The maximum Gasteiger partial charge on any atom is 0.272 e. The Morgan fingerprint density at radius 3 is 2.68 bits per heavy atom. The first-order valence-corrected chi connectivity index (χ1v) is 10.8. The lowest BCUT2D eigenvalue weighted by molar-refractivity contribution is -0.133. The first-order chi connectivity index (χ1) is 14.8. The summed E-state index contributed by atoms with van der Waals surface area (Å²) in [6.07, 6.45) is 4.16. The molecule has 1 fully saturated rings. The third-order valence-electron chi connectivity index (χ3n) is 6.45. The molecule has 2 aromatic rings. The number of carbonyl (C=O) groups is 3. The summed E-state index contributed by atoms with van der Waals surface area (Å²) in [5, 5.41) is 10.3. The van der Waals surface area contributed by atoms with Crippen molar-refractivity contribution >= 4 is 17.7 Å². The van der Waals surface area contributed by atoms with Crippen LogP contribution in [0.5, 0.6) is 0 Å². The lowest BCUT2D eigenvalue weighted by Gasteiger charge is -2.41. The average molecular weight is 424 g/mol. The molecule has 8 nitrogen and oxygen atoms in total. The van der Waals surface area contributed by atoms with Crippen LogP contribution in [-0.2, 0) is 17.9 Å². The van der Waals surface area contributed by atoms with Gasteiger partial charge in [0.1, 0.15) is 11.2 Å². The molecule has 0 spiro atoms. The summed E-state index contributed by atoms with van der Waals surface area (Å²) in [6.45, 7) is 4.32. The molecule has 2 N–H and O–H groups in total. The van der Waals surface area contributed by atoms with Gasteiger partial charge in [-0.3, -0.25) is 19.1 Å². The first kappa shape index (κ1) is 21.1. The van der Waals surface area contributed by atoms with Crippen LogP contribution in [0.2, 0.25) is 0 Å². The minimum absolute atomic E-state index is 0.162. The number of amides is 3. The molecule has 1 aromatic heterocycles. The van der Waals surface area contributed by atoms with Gasteiger partial charge in [0.05, 0.1) is 6.54 Å². The molecule has 1 unspecified atom stereocenters. The molecule has 31 heavy (non-hydrogen) atoms. The molecule has 2 aliphatic rings. The molecule has 8 heteroatoms. The van der Waals surface area contributed by atoms with Gasteiger partial charge in [-0.05, 0) is 32.3 Å². The minimum atomic E-state index is -1.06. The standard InChI is InChI=1S/C23H29N5O3/c1-15-7-6-8-16(11-15)13-24-20(29)18-12-19-21(30)27(3)23(2,14-28(19)26-18)22(31)25-17-9-4-5-10-17/h6-8,11-12,17H,4-5,9-10,13-14H2,1-3H3,(H,24,29)(H,25,31). The van der Waals surface area contributed by atoms with E-state index in [0.29, 0.717) is 12.2 Å². The van der Waals surface area contributed by atoms with Crippen molar-refractivity contribution in [2.24, 2.45) is 0 Å². The van der Waals surface area contributed by atoms with Crippen LogP contribution < -0.4 is 10.6 Å². The van der Waals surface area contributed by atoms with Gasteiger partial charge in [0, 0.05) is 25.7 Å². The zero-order chi connectivity index (χ0) is 22.2. The van der Waals surface area contributed by atoms with Gasteiger partial charge in [-0.2, -0.15) is 5.10 Å². The summed E-state index contributed by atoms with van der Waals surface area (Å²) in [7, 11) is 1.63. The Morgan fingerprint density at radius 2 is 1.97 bits per heavy atom. The van der Waals surface area contributed by atoms with E-state index in [1.54, 1.807) is 14.0 Å². The van der Waals surface area contributed by atoms with Gasteiger partial charge >= 0.3 is 0 Å². The summed E-state index contributed by atoms with van der Waals surface area (Å²) < 4.78 is 1.48. The number of hydrogen-bond donors (Lipinski definition) is 2. The van der Waals surface area contributed by atoms with Gasteiger partial charge in [-0.1, -0.05) is 42.7 Å². The third kappa shape index (κ3) is 4.06. The van der Waals surface area contributed by atoms with Crippen LogP contribution in [0, 0.1) is 6.92 Å². The predicted molar refractivity (Wildman–Crippen MR) is 115 cm³/mol. The van der Waals surface area contributed by atoms with E-state index in [1.807, 2.05) is 31.2 Å². The Labute approximate surface area is 182 Å². The zero-order valence-electron chi connectivity index (χ0n) is 18.3. The largest absolute Gasteiger partial charge is 0.351 e. The van der Waals surface area contributed by atoms with Crippen molar-refractivity contribution in [3.8, 4) is 0 Å². The van der Waals surface area contributed by atoms with Crippen molar-refractivity contribution < 1.29 is 14.4 Å². The monoisotopic (exact) mass is 423 g/mol. The van der Waals surface area contributed by atoms with Gasteiger partial charge < -0.3 is 15.5 Å². The van der Waals surface area contributed by atoms with Crippen LogP contribution >= 0.6 is 0 Å². The number of nitrogens with zero attached hydrogens (tertiary/aromatic N) is 3. The fourth-order valence-corrected chi connectivity index (χ4v) is 4.34. The van der Waals surface area contributed by atoms with Crippen LogP contribution in [0.4, 0.5) is 0 Å². The van der Waals surface area contributed by atoms with Crippen LogP contribution in [0.3, 0.4) is 0 Å². The molecule has 2 heterocycles. The molecular weight excluding hydrogens is 394 g/mol. The van der Waals surface area contributed by atoms with Gasteiger partial charge in [-0.25, -0.2) is 0 Å². The molecule has 3 amide bonds. The molecule has 1 saturated carbocycles. The molecular formula is C23H29N5O3. The second-order valence-corrected chi connectivity index (χ2v) is 8.84. The second-order valence-electron chi connectivity index (χ2n) is 8.84. The highest BCUT2D eigenvalue weighted by atomic mass is 16.2. The number of aromatic nitrogens is 2. The van der Waals surface area contributed by atoms with Crippen molar-refractivity contribution in [2.45, 2.75) is 64.2 Å². The van der Waals surface area contributed by atoms with E-state index < -0.39 is 5.54 Å². The van der Waals surface area contributed by atoms with Crippen LogP contribution in [0.15, 0.2) is 30.3 Å². The van der Waals surface area contributed by atoms with Crippen molar-refractivity contribution in [2.75, 3.05) is 7.05 Å². The van der Waals surface area contributed by atoms with E-state index in [2.05, 4.69) is 15.7 Å². The lowest BCUT2D eigenvalue weighted by Crippen LogP contribution is -2.63. The first-order valence-electron chi connectivity index (χ1n) is 10.8. The molecule has 0 bridgehead atoms. The fraction of sp³-hybridized carbons (Fsp3) is 0.478. The van der Waals surface area contributed by atoms with Gasteiger partial charge in [0.25, 0.3) is 11.8 Å². The number of rotatable bonds is 5. The summed E-state index contributed by atoms with van der Waals surface area (Å²) in [6, 6.07) is 9.55. The number of benzene rings is 1. The predicted octanol–water partition coefficient (Wildman–Crippen LogP) is 2.02. The Hall–Kier alpha value is -3.16. The highest BCUT2D eigenvalue weighted by Gasteiger charge is 2.46. The molecule has 1 atom stereocenters. The minimum Gasteiger partial charge on any atom is -0.351 e. The van der Waals surface area contributed by atoms with Crippen LogP contribution in [0.25, 0.3) is 0 Å². The normalized spacial score (nSPS) is 21.1. The van der Waals surface area contributed by atoms with Crippen molar-refractivity contribution in [1.82, 2.24) is 25.3 Å². The smallest absolute Gasteiger partial charge is 0.272 e. The maximum absolute atomic E-state index is 13.0. The summed E-state index contributed by atoms with van der Waals surface area (Å²) in [5.41, 5.74) is 1.53. The lowest BCUT2D eigenvalue weighted by atomic mass is 9.95. The van der Waals surface area contributed by atoms with Crippen LogP contribution in [0.1, 0.15) is 64.7 Å².